The molecule has 78 valence electrons. The van der Waals surface area contributed by atoms with E-state index in [9.17, 15) is 4.79 Å². The highest BCUT2D eigenvalue weighted by Gasteiger charge is 2.00. The molecule has 2 nitrogen and oxygen atoms in total. The highest BCUT2D eigenvalue weighted by molar-refractivity contribution is 9.11. The van der Waals surface area contributed by atoms with Crippen LogP contribution in [0.4, 0.5) is 0 Å². The van der Waals surface area contributed by atoms with Crippen LogP contribution < -0.4 is 5.32 Å². The highest BCUT2D eigenvalue weighted by Crippen LogP contribution is 2.21. The fourth-order valence-corrected chi connectivity index (χ4v) is 2.83. The number of carbonyl (C=O) groups is 1. The summed E-state index contributed by atoms with van der Waals surface area (Å²) in [5.74, 6) is 0.109. The standard InChI is InChI=1S/C9H11Br2NOS/c10-5-3-9(13)12-6-4-7-1-2-8(11)14-7/h1-2H,3-6H2,(H,12,13). The van der Waals surface area contributed by atoms with Crippen molar-refractivity contribution in [1.82, 2.24) is 5.32 Å². The zero-order chi connectivity index (χ0) is 10.4. The molecule has 1 aromatic rings. The Hall–Kier alpha value is 0.130. The van der Waals surface area contributed by atoms with Gasteiger partial charge in [-0.15, -0.1) is 11.3 Å². The first kappa shape index (κ1) is 12.2. The van der Waals surface area contributed by atoms with Crippen LogP contribution in [0.15, 0.2) is 15.9 Å². The van der Waals surface area contributed by atoms with Crippen molar-refractivity contribution in [3.63, 3.8) is 0 Å². The summed E-state index contributed by atoms with van der Waals surface area (Å²) in [7, 11) is 0. The fourth-order valence-electron chi connectivity index (χ4n) is 0.985. The number of alkyl halides is 1. The van der Waals surface area contributed by atoms with Gasteiger partial charge in [0.25, 0.3) is 0 Å². The Kier molecular flexibility index (Phi) is 5.74. The third-order valence-corrected chi connectivity index (χ3v) is 3.72. The average Bonchev–Trinajstić information content (AvgIpc) is 2.52. The van der Waals surface area contributed by atoms with Crippen LogP contribution in [0.5, 0.6) is 0 Å². The highest BCUT2D eigenvalue weighted by atomic mass is 79.9. The first-order valence-corrected chi connectivity index (χ1v) is 7.02. The van der Waals surface area contributed by atoms with Gasteiger partial charge < -0.3 is 5.32 Å². The van der Waals surface area contributed by atoms with E-state index >= 15 is 0 Å². The third-order valence-electron chi connectivity index (χ3n) is 1.64. The Balaban J connectivity index is 2.18. The smallest absolute Gasteiger partial charge is 0.220 e. The summed E-state index contributed by atoms with van der Waals surface area (Å²) in [5, 5.41) is 3.59. The van der Waals surface area contributed by atoms with E-state index in [4.69, 9.17) is 0 Å². The van der Waals surface area contributed by atoms with Gasteiger partial charge >= 0.3 is 0 Å². The van der Waals surface area contributed by atoms with Gasteiger partial charge in [-0.05, 0) is 34.5 Å². The minimum absolute atomic E-state index is 0.109. The van der Waals surface area contributed by atoms with Gasteiger partial charge in [-0.1, -0.05) is 15.9 Å². The molecule has 0 unspecified atom stereocenters. The van der Waals surface area contributed by atoms with Gasteiger partial charge in [0.2, 0.25) is 5.91 Å². The van der Waals surface area contributed by atoms with Crippen molar-refractivity contribution < 1.29 is 4.79 Å². The van der Waals surface area contributed by atoms with Gasteiger partial charge in [-0.3, -0.25) is 4.79 Å². The van der Waals surface area contributed by atoms with E-state index in [1.165, 1.54) is 4.88 Å². The molecule has 0 aliphatic rings. The molecule has 0 aromatic carbocycles. The second kappa shape index (κ2) is 6.58. The molecular formula is C9H11Br2NOS. The summed E-state index contributed by atoms with van der Waals surface area (Å²) in [5.41, 5.74) is 0. The molecule has 1 N–H and O–H groups in total. The van der Waals surface area contributed by atoms with E-state index in [0.717, 1.165) is 22.1 Å². The third kappa shape index (κ3) is 4.57. The molecule has 1 amide bonds. The number of carbonyl (C=O) groups excluding carboxylic acids is 1. The van der Waals surface area contributed by atoms with Crippen molar-refractivity contribution in [2.45, 2.75) is 12.8 Å². The SMILES string of the molecule is O=C(CCBr)NCCc1ccc(Br)s1. The molecule has 0 radical (unpaired) electrons. The first-order chi connectivity index (χ1) is 6.72. The second-order valence-corrected chi connectivity index (χ2v) is 6.09. The van der Waals surface area contributed by atoms with E-state index in [0.29, 0.717) is 6.42 Å². The van der Waals surface area contributed by atoms with Gasteiger partial charge in [-0.2, -0.15) is 0 Å². The van der Waals surface area contributed by atoms with Crippen LogP contribution >= 0.6 is 43.2 Å². The van der Waals surface area contributed by atoms with Gasteiger partial charge in [0.1, 0.15) is 0 Å². The van der Waals surface area contributed by atoms with Crippen LogP contribution in [0.1, 0.15) is 11.3 Å². The average molecular weight is 341 g/mol. The molecule has 5 heteroatoms. The molecule has 0 bridgehead atoms. The van der Waals surface area contributed by atoms with E-state index in [2.05, 4.69) is 43.2 Å². The van der Waals surface area contributed by atoms with E-state index < -0.39 is 0 Å². The Morgan fingerprint density at radius 3 is 2.86 bits per heavy atom. The van der Waals surface area contributed by atoms with Crippen molar-refractivity contribution in [3.05, 3.63) is 20.8 Å². The normalized spacial score (nSPS) is 10.1. The molecule has 1 rings (SSSR count). The summed E-state index contributed by atoms with van der Waals surface area (Å²) in [6.07, 6.45) is 1.46. The quantitative estimate of drug-likeness (QED) is 0.820. The maximum atomic E-state index is 11.1. The van der Waals surface area contributed by atoms with Crippen LogP contribution in [0.3, 0.4) is 0 Å². The summed E-state index contributed by atoms with van der Waals surface area (Å²) in [6, 6.07) is 4.10. The predicted octanol–water partition coefficient (Wildman–Crippen LogP) is 2.95. The number of rotatable bonds is 5. The molecule has 0 fully saturated rings. The largest absolute Gasteiger partial charge is 0.356 e. The summed E-state index contributed by atoms with van der Waals surface area (Å²) in [4.78, 5) is 12.4. The molecule has 0 atom stereocenters. The zero-order valence-corrected chi connectivity index (χ0v) is 11.5. The minimum atomic E-state index is 0.109. The lowest BCUT2D eigenvalue weighted by Gasteiger charge is -2.01. The maximum Gasteiger partial charge on any atom is 0.220 e. The predicted molar refractivity (Wildman–Crippen MR) is 67.1 cm³/mol. The topological polar surface area (TPSA) is 29.1 Å². The molecule has 1 aromatic heterocycles. The number of amides is 1. The molecule has 0 saturated carbocycles. The van der Waals surface area contributed by atoms with Gasteiger partial charge in [0.15, 0.2) is 0 Å². The molecule has 0 spiro atoms. The van der Waals surface area contributed by atoms with Gasteiger partial charge in [0.05, 0.1) is 3.79 Å². The lowest BCUT2D eigenvalue weighted by atomic mass is 10.3. The fraction of sp³-hybridized carbons (Fsp3) is 0.444. The number of thiophene rings is 1. The second-order valence-electron chi connectivity index (χ2n) is 2.74. The van der Waals surface area contributed by atoms with Crippen molar-refractivity contribution in [2.24, 2.45) is 0 Å². The molecule has 14 heavy (non-hydrogen) atoms. The van der Waals surface area contributed by atoms with Gasteiger partial charge in [0, 0.05) is 23.2 Å². The lowest BCUT2D eigenvalue weighted by Crippen LogP contribution is -2.25. The number of halogens is 2. The molecule has 0 saturated heterocycles. The Bertz CT molecular complexity index is 301. The minimum Gasteiger partial charge on any atom is -0.356 e. The van der Waals surface area contributed by atoms with Crippen molar-refractivity contribution in [2.75, 3.05) is 11.9 Å². The van der Waals surface area contributed by atoms with Crippen LogP contribution in [-0.2, 0) is 11.2 Å². The Labute approximate surface area is 104 Å². The monoisotopic (exact) mass is 339 g/mol. The molecule has 0 aliphatic heterocycles. The van der Waals surface area contributed by atoms with Crippen LogP contribution in [0.2, 0.25) is 0 Å². The number of hydrogen-bond acceptors (Lipinski definition) is 2. The molecule has 0 aliphatic carbocycles. The Morgan fingerprint density at radius 2 is 2.29 bits per heavy atom. The number of nitrogens with one attached hydrogen (secondary N) is 1. The van der Waals surface area contributed by atoms with Crippen molar-refractivity contribution in [3.8, 4) is 0 Å². The maximum absolute atomic E-state index is 11.1. The van der Waals surface area contributed by atoms with Crippen LogP contribution in [0.25, 0.3) is 0 Å². The summed E-state index contributed by atoms with van der Waals surface area (Å²) < 4.78 is 1.14. The van der Waals surface area contributed by atoms with E-state index in [1.807, 2.05) is 6.07 Å². The van der Waals surface area contributed by atoms with E-state index in [-0.39, 0.29) is 5.91 Å². The van der Waals surface area contributed by atoms with Crippen LogP contribution in [-0.4, -0.2) is 17.8 Å². The van der Waals surface area contributed by atoms with Crippen LogP contribution in [0, 0.1) is 0 Å². The summed E-state index contributed by atoms with van der Waals surface area (Å²) in [6.45, 7) is 0.721. The van der Waals surface area contributed by atoms with Crippen molar-refractivity contribution >= 4 is 49.1 Å². The Morgan fingerprint density at radius 1 is 1.50 bits per heavy atom. The molecule has 1 heterocycles. The van der Waals surface area contributed by atoms with Crippen molar-refractivity contribution in [1.29, 1.82) is 0 Å². The van der Waals surface area contributed by atoms with Gasteiger partial charge in [-0.25, -0.2) is 0 Å². The zero-order valence-electron chi connectivity index (χ0n) is 7.56. The number of hydrogen-bond donors (Lipinski definition) is 1. The summed E-state index contributed by atoms with van der Waals surface area (Å²) >= 11 is 8.34. The lowest BCUT2D eigenvalue weighted by molar-refractivity contribution is -0.120. The molecular weight excluding hydrogens is 330 g/mol. The van der Waals surface area contributed by atoms with E-state index in [1.54, 1.807) is 11.3 Å². The first-order valence-electron chi connectivity index (χ1n) is 4.29.